The fourth-order valence-corrected chi connectivity index (χ4v) is 1.16. The summed E-state index contributed by atoms with van der Waals surface area (Å²) in [6.45, 7) is 5.16. The van der Waals surface area contributed by atoms with E-state index in [0.717, 1.165) is 0 Å². The average Bonchev–Trinajstić information content (AvgIpc) is 2.04. The molecule has 0 aliphatic carbocycles. The maximum atomic E-state index is 10.9. The van der Waals surface area contributed by atoms with Gasteiger partial charge in [-0.15, -0.1) is 0 Å². The van der Waals surface area contributed by atoms with Crippen molar-refractivity contribution in [1.82, 2.24) is 10.2 Å². The van der Waals surface area contributed by atoms with Crippen LogP contribution in [0.4, 0.5) is 0 Å². The summed E-state index contributed by atoms with van der Waals surface area (Å²) in [4.78, 5) is 23.1. The number of piperazine rings is 1. The maximum Gasteiger partial charge on any atom is 0.332 e. The molecule has 1 aliphatic rings. The van der Waals surface area contributed by atoms with Gasteiger partial charge in [0, 0.05) is 25.2 Å². The van der Waals surface area contributed by atoms with Crippen LogP contribution in [-0.4, -0.2) is 48.1 Å². The van der Waals surface area contributed by atoms with E-state index in [9.17, 15) is 9.59 Å². The van der Waals surface area contributed by atoms with Gasteiger partial charge in [-0.05, 0) is 0 Å². The summed E-state index contributed by atoms with van der Waals surface area (Å²) in [5.74, 6) is -1.07. The highest BCUT2D eigenvalue weighted by Gasteiger charge is 2.18. The Morgan fingerprint density at radius 2 is 2.38 bits per heavy atom. The van der Waals surface area contributed by atoms with E-state index >= 15 is 0 Å². The van der Waals surface area contributed by atoms with Crippen LogP contribution in [0.1, 0.15) is 0 Å². The van der Waals surface area contributed by atoms with E-state index in [4.69, 9.17) is 5.11 Å². The first-order chi connectivity index (χ1) is 6.09. The van der Waals surface area contributed by atoms with Gasteiger partial charge in [0.25, 0.3) is 0 Å². The molecule has 0 bridgehead atoms. The zero-order chi connectivity index (χ0) is 9.84. The van der Waals surface area contributed by atoms with Gasteiger partial charge in [0.1, 0.15) is 0 Å². The fourth-order valence-electron chi connectivity index (χ4n) is 1.16. The van der Waals surface area contributed by atoms with Gasteiger partial charge in [-0.3, -0.25) is 9.69 Å². The Morgan fingerprint density at radius 1 is 1.69 bits per heavy atom. The summed E-state index contributed by atoms with van der Waals surface area (Å²) in [7, 11) is 0. The molecule has 0 aromatic rings. The van der Waals surface area contributed by atoms with Crippen LogP contribution in [0.15, 0.2) is 12.2 Å². The van der Waals surface area contributed by atoms with Crippen LogP contribution in [0, 0.1) is 0 Å². The number of carbonyl (C=O) groups excluding carboxylic acids is 1. The predicted octanol–water partition coefficient (Wildman–Crippen LogP) is -0.941. The lowest BCUT2D eigenvalue weighted by atomic mass is 10.2. The highest BCUT2D eigenvalue weighted by molar-refractivity contribution is 5.86. The number of hydrogen-bond acceptors (Lipinski definition) is 3. The smallest absolute Gasteiger partial charge is 0.332 e. The number of amides is 1. The molecular weight excluding hydrogens is 172 g/mol. The van der Waals surface area contributed by atoms with E-state index in [2.05, 4.69) is 11.9 Å². The van der Waals surface area contributed by atoms with Crippen molar-refractivity contribution in [2.45, 2.75) is 0 Å². The molecule has 5 heteroatoms. The van der Waals surface area contributed by atoms with Gasteiger partial charge in [0.15, 0.2) is 0 Å². The number of nitrogens with zero attached hydrogens (tertiary/aromatic N) is 1. The average molecular weight is 184 g/mol. The summed E-state index contributed by atoms with van der Waals surface area (Å²) in [6, 6.07) is 0. The van der Waals surface area contributed by atoms with Gasteiger partial charge in [-0.1, -0.05) is 6.58 Å². The molecule has 1 fully saturated rings. The number of hydrogen-bond donors (Lipinski definition) is 2. The number of carboxylic acids is 1. The van der Waals surface area contributed by atoms with E-state index in [1.165, 1.54) is 0 Å². The summed E-state index contributed by atoms with van der Waals surface area (Å²) in [5, 5.41) is 11.2. The second-order valence-corrected chi connectivity index (χ2v) is 2.97. The molecule has 0 saturated carbocycles. The second kappa shape index (κ2) is 4.04. The van der Waals surface area contributed by atoms with Crippen LogP contribution in [0.2, 0.25) is 0 Å². The molecule has 1 rings (SSSR count). The van der Waals surface area contributed by atoms with E-state index in [0.29, 0.717) is 13.1 Å². The van der Waals surface area contributed by atoms with Crippen molar-refractivity contribution >= 4 is 11.9 Å². The minimum Gasteiger partial charge on any atom is -0.478 e. The molecule has 5 nitrogen and oxygen atoms in total. The van der Waals surface area contributed by atoms with Crippen molar-refractivity contribution < 1.29 is 14.7 Å². The SMILES string of the molecule is C=C(CN1CCNC(=O)C1)C(=O)O. The molecule has 0 radical (unpaired) electrons. The Labute approximate surface area is 76.0 Å². The quantitative estimate of drug-likeness (QED) is 0.555. The fraction of sp³-hybridized carbons (Fsp3) is 0.500. The van der Waals surface area contributed by atoms with Crippen LogP contribution < -0.4 is 5.32 Å². The first-order valence-corrected chi connectivity index (χ1v) is 3.99. The molecule has 13 heavy (non-hydrogen) atoms. The van der Waals surface area contributed by atoms with Crippen molar-refractivity contribution in [3.63, 3.8) is 0 Å². The van der Waals surface area contributed by atoms with Crippen molar-refractivity contribution in [1.29, 1.82) is 0 Å². The molecule has 1 aliphatic heterocycles. The molecule has 1 saturated heterocycles. The minimum atomic E-state index is -1.01. The number of aliphatic carboxylic acids is 1. The normalized spacial score (nSPS) is 18.0. The number of carboxylic acid groups (broad SMARTS) is 1. The Balaban J connectivity index is 2.40. The van der Waals surface area contributed by atoms with Gasteiger partial charge >= 0.3 is 5.97 Å². The summed E-state index contributed by atoms with van der Waals surface area (Å²) >= 11 is 0. The standard InChI is InChI=1S/C8H12N2O3/c1-6(8(12)13)4-10-3-2-9-7(11)5-10/h1-5H2,(H,9,11)(H,12,13). The Bertz CT molecular complexity index is 250. The highest BCUT2D eigenvalue weighted by atomic mass is 16.4. The lowest BCUT2D eigenvalue weighted by molar-refractivity contribution is -0.133. The van der Waals surface area contributed by atoms with Crippen LogP contribution in [0.5, 0.6) is 0 Å². The second-order valence-electron chi connectivity index (χ2n) is 2.97. The molecule has 0 unspecified atom stereocenters. The van der Waals surface area contributed by atoms with Crippen LogP contribution in [0.3, 0.4) is 0 Å². The topological polar surface area (TPSA) is 69.6 Å². The maximum absolute atomic E-state index is 10.9. The monoisotopic (exact) mass is 184 g/mol. The third-order valence-electron chi connectivity index (χ3n) is 1.83. The van der Waals surface area contributed by atoms with Gasteiger partial charge in [-0.2, -0.15) is 0 Å². The summed E-state index contributed by atoms with van der Waals surface area (Å²) in [5.41, 5.74) is 0.120. The Hall–Kier alpha value is -1.36. The molecule has 0 aromatic carbocycles. The molecule has 0 atom stereocenters. The molecule has 0 aromatic heterocycles. The Morgan fingerprint density at radius 3 is 2.92 bits per heavy atom. The Kier molecular flexibility index (Phi) is 3.02. The van der Waals surface area contributed by atoms with Crippen molar-refractivity contribution in [3.8, 4) is 0 Å². The molecular formula is C8H12N2O3. The van der Waals surface area contributed by atoms with E-state index in [-0.39, 0.29) is 24.6 Å². The number of rotatable bonds is 3. The van der Waals surface area contributed by atoms with Gasteiger partial charge < -0.3 is 10.4 Å². The van der Waals surface area contributed by atoms with Crippen LogP contribution >= 0.6 is 0 Å². The zero-order valence-corrected chi connectivity index (χ0v) is 7.25. The summed E-state index contributed by atoms with van der Waals surface area (Å²) in [6.07, 6.45) is 0. The summed E-state index contributed by atoms with van der Waals surface area (Å²) < 4.78 is 0. The third-order valence-corrected chi connectivity index (χ3v) is 1.83. The number of nitrogens with one attached hydrogen (secondary N) is 1. The minimum absolute atomic E-state index is 0.0653. The van der Waals surface area contributed by atoms with Crippen molar-refractivity contribution in [2.24, 2.45) is 0 Å². The molecule has 2 N–H and O–H groups in total. The highest BCUT2D eigenvalue weighted by Crippen LogP contribution is 1.99. The van der Waals surface area contributed by atoms with Gasteiger partial charge in [0.2, 0.25) is 5.91 Å². The van der Waals surface area contributed by atoms with E-state index < -0.39 is 5.97 Å². The van der Waals surface area contributed by atoms with Gasteiger partial charge in [0.05, 0.1) is 6.54 Å². The first-order valence-electron chi connectivity index (χ1n) is 3.99. The van der Waals surface area contributed by atoms with E-state index in [1.807, 2.05) is 0 Å². The molecule has 72 valence electrons. The molecule has 1 heterocycles. The van der Waals surface area contributed by atoms with E-state index in [1.54, 1.807) is 4.90 Å². The lowest BCUT2D eigenvalue weighted by Crippen LogP contribution is -2.48. The van der Waals surface area contributed by atoms with Crippen molar-refractivity contribution in [3.05, 3.63) is 12.2 Å². The van der Waals surface area contributed by atoms with Crippen molar-refractivity contribution in [2.75, 3.05) is 26.2 Å². The third kappa shape index (κ3) is 2.87. The first kappa shape index (κ1) is 9.73. The molecule has 1 amide bonds. The predicted molar refractivity (Wildman–Crippen MR) is 46.2 cm³/mol. The number of carbonyl (C=O) groups is 2. The van der Waals surface area contributed by atoms with Crippen LogP contribution in [-0.2, 0) is 9.59 Å². The zero-order valence-electron chi connectivity index (χ0n) is 7.25. The van der Waals surface area contributed by atoms with Gasteiger partial charge in [-0.25, -0.2) is 4.79 Å². The largest absolute Gasteiger partial charge is 0.478 e. The lowest BCUT2D eigenvalue weighted by Gasteiger charge is -2.26. The van der Waals surface area contributed by atoms with Crippen LogP contribution in [0.25, 0.3) is 0 Å². The molecule has 0 spiro atoms.